The van der Waals surface area contributed by atoms with E-state index in [9.17, 15) is 4.79 Å². The maximum atomic E-state index is 12.4. The maximum absolute atomic E-state index is 12.4. The first kappa shape index (κ1) is 17.7. The number of carbonyl (C=O) groups excluding carboxylic acids is 1. The summed E-state index contributed by atoms with van der Waals surface area (Å²) in [4.78, 5) is 12.4. The van der Waals surface area contributed by atoms with Gasteiger partial charge in [-0.2, -0.15) is 5.10 Å². The molecular weight excluding hydrogens is 316 g/mol. The van der Waals surface area contributed by atoms with Crippen LogP contribution in [-0.2, 0) is 16.8 Å². The summed E-state index contributed by atoms with van der Waals surface area (Å²) in [6.45, 7) is 10.4. The van der Waals surface area contributed by atoms with E-state index in [0.717, 1.165) is 17.4 Å². The summed E-state index contributed by atoms with van der Waals surface area (Å²) in [5.41, 5.74) is 1.53. The minimum Gasteiger partial charge on any atom is -0.361 e. The van der Waals surface area contributed by atoms with E-state index in [1.807, 2.05) is 17.7 Å². The van der Waals surface area contributed by atoms with Gasteiger partial charge in [0.2, 0.25) is 5.91 Å². The Labute approximate surface area is 149 Å². The Morgan fingerprint density at radius 2 is 2.12 bits per heavy atom. The Morgan fingerprint density at radius 3 is 2.68 bits per heavy atom. The zero-order chi connectivity index (χ0) is 18.2. The van der Waals surface area contributed by atoms with E-state index in [1.54, 1.807) is 6.07 Å². The van der Waals surface area contributed by atoms with Crippen LogP contribution in [-0.4, -0.2) is 20.8 Å². The van der Waals surface area contributed by atoms with E-state index in [1.165, 1.54) is 19.3 Å². The highest BCUT2D eigenvalue weighted by atomic mass is 16.5. The molecule has 2 aromatic heterocycles. The van der Waals surface area contributed by atoms with Crippen LogP contribution < -0.4 is 5.32 Å². The first-order valence-corrected chi connectivity index (χ1v) is 9.05. The molecule has 6 nitrogen and oxygen atoms in total. The molecule has 1 N–H and O–H groups in total. The van der Waals surface area contributed by atoms with E-state index in [4.69, 9.17) is 9.62 Å². The minimum atomic E-state index is -0.199. The molecule has 1 fully saturated rings. The number of hydrogen-bond acceptors (Lipinski definition) is 4. The third-order valence-electron chi connectivity index (χ3n) is 4.76. The van der Waals surface area contributed by atoms with Crippen molar-refractivity contribution < 1.29 is 9.32 Å². The van der Waals surface area contributed by atoms with Crippen LogP contribution in [0.2, 0.25) is 0 Å². The van der Waals surface area contributed by atoms with Crippen molar-refractivity contribution in [2.75, 3.05) is 5.32 Å². The molecule has 1 amide bonds. The van der Waals surface area contributed by atoms with Crippen LogP contribution in [0, 0.1) is 12.8 Å². The summed E-state index contributed by atoms with van der Waals surface area (Å²) in [7, 11) is 0. The van der Waals surface area contributed by atoms with E-state index in [-0.39, 0.29) is 17.9 Å². The third kappa shape index (κ3) is 4.11. The molecule has 3 rings (SSSR count). The van der Waals surface area contributed by atoms with Gasteiger partial charge in [-0.25, -0.2) is 4.68 Å². The second kappa shape index (κ2) is 6.65. The first-order chi connectivity index (χ1) is 11.7. The number of aromatic nitrogens is 3. The topological polar surface area (TPSA) is 73.0 Å². The average Bonchev–Trinajstić information content (AvgIpc) is 3.19. The molecule has 25 heavy (non-hydrogen) atoms. The molecule has 0 bridgehead atoms. The molecule has 2 heterocycles. The number of aryl methyl sites for hydroxylation is 1. The number of hydrogen-bond donors (Lipinski definition) is 1. The van der Waals surface area contributed by atoms with Crippen molar-refractivity contribution in [2.24, 2.45) is 5.92 Å². The minimum absolute atomic E-state index is 0.106. The van der Waals surface area contributed by atoms with Crippen LogP contribution in [0.15, 0.2) is 16.7 Å². The van der Waals surface area contributed by atoms with Crippen molar-refractivity contribution >= 4 is 11.7 Å². The number of amides is 1. The Morgan fingerprint density at radius 1 is 1.36 bits per heavy atom. The number of rotatable bonds is 4. The molecule has 0 saturated heterocycles. The largest absolute Gasteiger partial charge is 0.361 e. The molecule has 2 aromatic rings. The van der Waals surface area contributed by atoms with Crippen LogP contribution in [0.3, 0.4) is 0 Å². The van der Waals surface area contributed by atoms with Gasteiger partial charge in [-0.3, -0.25) is 4.79 Å². The summed E-state index contributed by atoms with van der Waals surface area (Å²) in [6.07, 6.45) is 3.80. The van der Waals surface area contributed by atoms with Gasteiger partial charge in [0, 0.05) is 18.1 Å². The van der Waals surface area contributed by atoms with Gasteiger partial charge in [-0.05, 0) is 46.5 Å². The standard InChI is InChI=1S/C19H28N4O2/c1-12-6-7-14(8-12)16-11-17(23(21-16)19(3,4)5)20-18(24)10-15-9-13(2)25-22-15/h9,11-12,14H,6-8,10H2,1-5H3,(H,20,24)/t12-,14+/m1/s1. The molecule has 0 aromatic carbocycles. The van der Waals surface area contributed by atoms with Crippen LogP contribution in [0.1, 0.15) is 70.0 Å². The second-order valence-electron chi connectivity index (χ2n) is 8.31. The van der Waals surface area contributed by atoms with Gasteiger partial charge in [0.05, 0.1) is 23.3 Å². The molecule has 136 valence electrons. The van der Waals surface area contributed by atoms with E-state index >= 15 is 0 Å². The number of nitrogens with zero attached hydrogens (tertiary/aromatic N) is 3. The fourth-order valence-corrected chi connectivity index (χ4v) is 3.53. The van der Waals surface area contributed by atoms with Crippen molar-refractivity contribution in [3.05, 3.63) is 29.3 Å². The molecule has 0 radical (unpaired) electrons. The van der Waals surface area contributed by atoms with Crippen LogP contribution in [0.5, 0.6) is 0 Å². The van der Waals surface area contributed by atoms with E-state index in [0.29, 0.717) is 17.4 Å². The van der Waals surface area contributed by atoms with Gasteiger partial charge in [-0.15, -0.1) is 0 Å². The second-order valence-corrected chi connectivity index (χ2v) is 8.31. The van der Waals surface area contributed by atoms with Crippen molar-refractivity contribution in [3.63, 3.8) is 0 Å². The highest BCUT2D eigenvalue weighted by Crippen LogP contribution is 2.38. The van der Waals surface area contributed by atoms with E-state index < -0.39 is 0 Å². The predicted octanol–water partition coefficient (Wildman–Crippen LogP) is 4.02. The van der Waals surface area contributed by atoms with E-state index in [2.05, 4.69) is 38.2 Å². The lowest BCUT2D eigenvalue weighted by Crippen LogP contribution is -2.27. The van der Waals surface area contributed by atoms with Gasteiger partial charge in [0.25, 0.3) is 0 Å². The highest BCUT2D eigenvalue weighted by molar-refractivity contribution is 5.91. The molecule has 0 aliphatic heterocycles. The third-order valence-corrected chi connectivity index (χ3v) is 4.76. The van der Waals surface area contributed by atoms with Gasteiger partial charge in [0.1, 0.15) is 11.6 Å². The van der Waals surface area contributed by atoms with Crippen molar-refractivity contribution in [1.29, 1.82) is 0 Å². The smallest absolute Gasteiger partial charge is 0.231 e. The number of anilines is 1. The van der Waals surface area contributed by atoms with Gasteiger partial charge in [-0.1, -0.05) is 18.5 Å². The monoisotopic (exact) mass is 344 g/mol. The summed E-state index contributed by atoms with van der Waals surface area (Å²) >= 11 is 0. The average molecular weight is 344 g/mol. The molecule has 1 aliphatic rings. The number of nitrogens with one attached hydrogen (secondary N) is 1. The lowest BCUT2D eigenvalue weighted by Gasteiger charge is -2.22. The molecule has 0 spiro atoms. The fourth-order valence-electron chi connectivity index (χ4n) is 3.53. The Bertz CT molecular complexity index is 754. The summed E-state index contributed by atoms with van der Waals surface area (Å²) < 4.78 is 6.96. The van der Waals surface area contributed by atoms with Gasteiger partial charge in [0.15, 0.2) is 0 Å². The molecule has 0 unspecified atom stereocenters. The Balaban J connectivity index is 1.79. The Hall–Kier alpha value is -2.11. The fraction of sp³-hybridized carbons (Fsp3) is 0.632. The SMILES string of the molecule is Cc1cc(CC(=O)Nc2cc([C@H]3CC[C@@H](C)C3)nn2C(C)(C)C)no1. The quantitative estimate of drug-likeness (QED) is 0.909. The molecule has 6 heteroatoms. The molecule has 1 saturated carbocycles. The zero-order valence-electron chi connectivity index (χ0n) is 15.8. The summed E-state index contributed by atoms with van der Waals surface area (Å²) in [5.74, 6) is 2.60. The normalized spacial score (nSPS) is 20.8. The first-order valence-electron chi connectivity index (χ1n) is 9.05. The number of carbonyl (C=O) groups is 1. The molecule has 2 atom stereocenters. The maximum Gasteiger partial charge on any atom is 0.231 e. The molecule has 1 aliphatic carbocycles. The van der Waals surface area contributed by atoms with Gasteiger partial charge < -0.3 is 9.84 Å². The summed E-state index contributed by atoms with van der Waals surface area (Å²) in [5, 5.41) is 11.7. The van der Waals surface area contributed by atoms with Crippen LogP contribution >= 0.6 is 0 Å². The van der Waals surface area contributed by atoms with Gasteiger partial charge >= 0.3 is 0 Å². The summed E-state index contributed by atoms with van der Waals surface area (Å²) in [6, 6.07) is 3.83. The van der Waals surface area contributed by atoms with Crippen molar-refractivity contribution in [3.8, 4) is 0 Å². The predicted molar refractivity (Wildman–Crippen MR) is 96.6 cm³/mol. The van der Waals surface area contributed by atoms with Crippen molar-refractivity contribution in [1.82, 2.24) is 14.9 Å². The van der Waals surface area contributed by atoms with Crippen molar-refractivity contribution in [2.45, 2.75) is 71.8 Å². The highest BCUT2D eigenvalue weighted by Gasteiger charge is 2.28. The molecular formula is C19H28N4O2. The van der Waals surface area contributed by atoms with Crippen LogP contribution in [0.25, 0.3) is 0 Å². The Kier molecular flexibility index (Phi) is 4.71. The lowest BCUT2D eigenvalue weighted by atomic mass is 10.0. The lowest BCUT2D eigenvalue weighted by molar-refractivity contribution is -0.115. The van der Waals surface area contributed by atoms with Crippen LogP contribution in [0.4, 0.5) is 5.82 Å². The zero-order valence-corrected chi connectivity index (χ0v) is 15.8.